The average Bonchev–Trinajstić information content (AvgIpc) is 3.29. The maximum atomic E-state index is 10.1. The topological polar surface area (TPSA) is 55.2 Å². The summed E-state index contributed by atoms with van der Waals surface area (Å²) in [6, 6.07) is 28.6. The summed E-state index contributed by atoms with van der Waals surface area (Å²) >= 11 is 1.67. The molecule has 0 aromatic heterocycles. The highest BCUT2D eigenvalue weighted by Crippen LogP contribution is 2.47. The van der Waals surface area contributed by atoms with E-state index in [9.17, 15) is 10.5 Å². The first-order valence-corrected chi connectivity index (χ1v) is 13.0. The normalized spacial score (nSPS) is 14.4. The van der Waals surface area contributed by atoms with E-state index in [0.29, 0.717) is 16.7 Å². The minimum atomic E-state index is -0.0900. The summed E-state index contributed by atoms with van der Waals surface area (Å²) in [7, 11) is 0. The molecular weight excluding hydrogens is 472 g/mol. The zero-order chi connectivity index (χ0) is 26.2. The average molecular weight is 499 g/mol. The van der Waals surface area contributed by atoms with E-state index in [1.54, 1.807) is 17.8 Å². The molecule has 1 aliphatic heterocycles. The number of aryl methyl sites for hydroxylation is 1. The molecule has 0 N–H and O–H groups in total. The van der Waals surface area contributed by atoms with E-state index in [2.05, 4.69) is 53.1 Å². The van der Waals surface area contributed by atoms with Crippen LogP contribution in [0, 0.1) is 36.2 Å². The molecule has 0 bridgehead atoms. The SMILES string of the molecule is [C-]#[N+]/C(C#N)=C(\C(C#N)=CC=C1Sc2ccc(-c3ccccc3)cc2N1CCCC)c1ccc(C)cc1. The Kier molecular flexibility index (Phi) is 8.27. The van der Waals surface area contributed by atoms with Gasteiger partial charge in [-0.3, -0.25) is 0 Å². The summed E-state index contributed by atoms with van der Waals surface area (Å²) in [6.45, 7) is 12.5. The third-order valence-electron chi connectivity index (χ3n) is 6.15. The molecule has 37 heavy (non-hydrogen) atoms. The van der Waals surface area contributed by atoms with Gasteiger partial charge in [0.15, 0.2) is 0 Å². The molecule has 0 amide bonds. The molecule has 0 atom stereocenters. The lowest BCUT2D eigenvalue weighted by molar-refractivity contribution is 0.779. The monoisotopic (exact) mass is 498 g/mol. The van der Waals surface area contributed by atoms with Crippen molar-refractivity contribution in [1.29, 1.82) is 10.5 Å². The molecule has 1 heterocycles. The standard InChI is InChI=1S/C32H26N4S/c1-4-5-19-36-29-20-26(24-9-7-6-8-10-24)15-17-30(29)37-31(36)18-16-27(21-33)32(28(22-34)35-3)25-13-11-23(2)12-14-25/h6-18,20H,4-5,19H2,1-2H3/b27-16?,31-18?,32-28-. The van der Waals surface area contributed by atoms with E-state index >= 15 is 0 Å². The predicted molar refractivity (Wildman–Crippen MR) is 152 cm³/mol. The Balaban J connectivity index is 1.77. The molecule has 4 nitrogen and oxygen atoms in total. The first kappa shape index (κ1) is 25.6. The van der Waals surface area contributed by atoms with Crippen molar-refractivity contribution in [2.75, 3.05) is 11.4 Å². The Morgan fingerprint density at radius 1 is 1.00 bits per heavy atom. The Labute approximate surface area is 223 Å². The lowest BCUT2D eigenvalue weighted by atomic mass is 9.95. The number of thioether (sulfide) groups is 1. The minimum absolute atomic E-state index is 0.0900. The Morgan fingerprint density at radius 3 is 2.41 bits per heavy atom. The summed E-state index contributed by atoms with van der Waals surface area (Å²) in [6.07, 6.45) is 5.78. The summed E-state index contributed by atoms with van der Waals surface area (Å²) in [5.74, 6) is 0. The van der Waals surface area contributed by atoms with Crippen LogP contribution in [0.3, 0.4) is 0 Å². The van der Waals surface area contributed by atoms with E-state index in [0.717, 1.165) is 41.2 Å². The van der Waals surface area contributed by atoms with Gasteiger partial charge in [0.1, 0.15) is 0 Å². The van der Waals surface area contributed by atoms with E-state index in [1.807, 2.05) is 61.5 Å². The predicted octanol–water partition coefficient (Wildman–Crippen LogP) is 8.52. The lowest BCUT2D eigenvalue weighted by Gasteiger charge is -2.20. The molecular formula is C32H26N4S. The molecule has 180 valence electrons. The van der Waals surface area contributed by atoms with Crippen LogP contribution >= 0.6 is 11.8 Å². The number of nitrogens with zero attached hydrogens (tertiary/aromatic N) is 4. The number of fused-ring (bicyclic) bond motifs is 1. The largest absolute Gasteiger partial charge is 0.335 e. The van der Waals surface area contributed by atoms with Crippen LogP contribution < -0.4 is 4.90 Å². The molecule has 0 saturated heterocycles. The number of benzene rings is 3. The molecule has 3 aromatic carbocycles. The van der Waals surface area contributed by atoms with Gasteiger partial charge in [-0.1, -0.05) is 91.3 Å². The fourth-order valence-electron chi connectivity index (χ4n) is 4.19. The molecule has 5 heteroatoms. The maximum Gasteiger partial charge on any atom is 0.270 e. The number of rotatable bonds is 7. The molecule has 0 fully saturated rings. The second-order valence-corrected chi connectivity index (χ2v) is 9.73. The lowest BCUT2D eigenvalue weighted by Crippen LogP contribution is -2.18. The van der Waals surface area contributed by atoms with Crippen molar-refractivity contribution >= 4 is 23.0 Å². The van der Waals surface area contributed by atoms with Gasteiger partial charge in [0, 0.05) is 17.0 Å². The number of nitriles is 2. The number of allylic oxidation sites excluding steroid dienone is 5. The van der Waals surface area contributed by atoms with Crippen LogP contribution in [0.25, 0.3) is 21.5 Å². The van der Waals surface area contributed by atoms with E-state index in [1.165, 1.54) is 10.5 Å². The van der Waals surface area contributed by atoms with Crippen molar-refractivity contribution in [1.82, 2.24) is 0 Å². The number of hydrogen-bond acceptors (Lipinski definition) is 4. The first-order chi connectivity index (χ1) is 18.1. The zero-order valence-corrected chi connectivity index (χ0v) is 21.7. The third kappa shape index (κ3) is 5.68. The molecule has 0 saturated carbocycles. The van der Waals surface area contributed by atoms with Crippen molar-refractivity contribution in [2.24, 2.45) is 0 Å². The number of unbranched alkanes of at least 4 members (excludes halogenated alkanes) is 1. The van der Waals surface area contributed by atoms with Crippen LogP contribution in [0.4, 0.5) is 5.69 Å². The maximum absolute atomic E-state index is 10.1. The van der Waals surface area contributed by atoms with Gasteiger partial charge in [0.25, 0.3) is 5.70 Å². The fraction of sp³-hybridized carbons (Fsp3) is 0.156. The Bertz CT molecular complexity index is 1490. The fourth-order valence-corrected chi connectivity index (χ4v) is 5.26. The van der Waals surface area contributed by atoms with E-state index < -0.39 is 0 Å². The Morgan fingerprint density at radius 2 is 1.76 bits per heavy atom. The van der Waals surface area contributed by atoms with Crippen LogP contribution in [0.2, 0.25) is 0 Å². The van der Waals surface area contributed by atoms with Crippen LogP contribution in [0.1, 0.15) is 30.9 Å². The summed E-state index contributed by atoms with van der Waals surface area (Å²) in [5, 5.41) is 20.7. The smallest absolute Gasteiger partial charge is 0.270 e. The minimum Gasteiger partial charge on any atom is -0.335 e. The summed E-state index contributed by atoms with van der Waals surface area (Å²) in [5.41, 5.74) is 5.81. The number of hydrogen-bond donors (Lipinski definition) is 0. The van der Waals surface area contributed by atoms with E-state index in [4.69, 9.17) is 6.57 Å². The van der Waals surface area contributed by atoms with Crippen molar-refractivity contribution in [3.05, 3.63) is 124 Å². The molecule has 3 aromatic rings. The van der Waals surface area contributed by atoms with Gasteiger partial charge >= 0.3 is 0 Å². The first-order valence-electron chi connectivity index (χ1n) is 12.2. The highest BCUT2D eigenvalue weighted by atomic mass is 32.2. The molecule has 0 aliphatic carbocycles. The van der Waals surface area contributed by atoms with Gasteiger partial charge in [-0.25, -0.2) is 10.1 Å². The molecule has 0 spiro atoms. The van der Waals surface area contributed by atoms with Gasteiger partial charge in [-0.15, -0.1) is 0 Å². The van der Waals surface area contributed by atoms with Gasteiger partial charge in [0.05, 0.1) is 35.0 Å². The van der Waals surface area contributed by atoms with Crippen molar-refractivity contribution in [3.8, 4) is 23.3 Å². The molecule has 1 aliphatic rings. The molecule has 4 rings (SSSR count). The van der Waals surface area contributed by atoms with E-state index in [-0.39, 0.29) is 5.70 Å². The van der Waals surface area contributed by atoms with Gasteiger partial charge in [0.2, 0.25) is 0 Å². The van der Waals surface area contributed by atoms with Crippen LogP contribution in [0.15, 0.2) is 106 Å². The quantitative estimate of drug-likeness (QED) is 0.186. The number of anilines is 1. The van der Waals surface area contributed by atoms with Gasteiger partial charge in [-0.2, -0.15) is 5.26 Å². The second kappa shape index (κ2) is 12.0. The van der Waals surface area contributed by atoms with Crippen LogP contribution in [0.5, 0.6) is 0 Å². The Hall–Kier alpha value is -4.50. The molecule has 0 radical (unpaired) electrons. The van der Waals surface area contributed by atoms with Crippen LogP contribution in [-0.2, 0) is 0 Å². The van der Waals surface area contributed by atoms with Gasteiger partial charge in [-0.05, 0) is 54.3 Å². The third-order valence-corrected chi connectivity index (χ3v) is 7.28. The highest BCUT2D eigenvalue weighted by molar-refractivity contribution is 8.03. The molecule has 0 unspecified atom stereocenters. The van der Waals surface area contributed by atoms with Crippen LogP contribution in [-0.4, -0.2) is 6.54 Å². The van der Waals surface area contributed by atoms with Crippen molar-refractivity contribution < 1.29 is 0 Å². The van der Waals surface area contributed by atoms with Crippen molar-refractivity contribution in [3.63, 3.8) is 0 Å². The van der Waals surface area contributed by atoms with Gasteiger partial charge < -0.3 is 4.90 Å². The second-order valence-electron chi connectivity index (χ2n) is 8.67. The van der Waals surface area contributed by atoms with Crippen molar-refractivity contribution in [2.45, 2.75) is 31.6 Å². The highest BCUT2D eigenvalue weighted by Gasteiger charge is 2.25. The zero-order valence-electron chi connectivity index (χ0n) is 20.9. The summed E-state index contributed by atoms with van der Waals surface area (Å²) < 4.78 is 0. The summed E-state index contributed by atoms with van der Waals surface area (Å²) in [4.78, 5) is 6.89.